The lowest BCUT2D eigenvalue weighted by Crippen LogP contribution is -2.74. The molecule has 0 aliphatic carbocycles. The molecule has 0 aromatic heterocycles. The number of alkyl halides is 34. The van der Waals surface area contributed by atoms with Gasteiger partial charge in [-0.15, -0.1) is 0 Å². The molecule has 0 amide bonds. The van der Waals surface area contributed by atoms with Gasteiger partial charge in [0.25, 0.3) is 0 Å². The van der Waals surface area contributed by atoms with E-state index in [1.54, 1.807) is 0 Å². The molecule has 1 aromatic carbocycles. The first-order valence-corrected chi connectivity index (χ1v) is 16.2. The van der Waals surface area contributed by atoms with E-state index in [4.69, 9.17) is 0 Å². The molecule has 0 nitrogen and oxygen atoms in total. The Kier molecular flexibility index (Phi) is 14.7. The lowest BCUT2D eigenvalue weighted by Gasteiger charge is -2.43. The fourth-order valence-electron chi connectivity index (χ4n) is 5.18. The molecule has 0 N–H and O–H groups in total. The Bertz CT molecular complexity index is 1850. The Morgan fingerprint density at radius 3 is 0.785 bits per heavy atom. The molecule has 0 bridgehead atoms. The minimum absolute atomic E-state index is 0.264. The van der Waals surface area contributed by atoms with Crippen molar-refractivity contribution >= 4 is 0 Å². The molecule has 0 unspecified atom stereocenters. The van der Waals surface area contributed by atoms with Gasteiger partial charge in [-0.3, -0.25) is 0 Å². The minimum Gasteiger partial charge on any atom is -0.200 e. The second-order valence-electron chi connectivity index (χ2n) is 15.0. The van der Waals surface area contributed by atoms with Gasteiger partial charge in [-0.2, -0.15) is 149 Å². The molecule has 1 aromatic rings. The van der Waals surface area contributed by atoms with Crippen LogP contribution in [0.2, 0.25) is 0 Å². The average Bonchev–Trinajstić information content (AvgIpc) is 3.07. The summed E-state index contributed by atoms with van der Waals surface area (Å²) in [7, 11) is 0. The Balaban J connectivity index is 3.89. The molecule has 0 saturated heterocycles. The number of halogens is 34. The van der Waals surface area contributed by atoms with E-state index < -0.39 is 149 Å². The fraction of sp³-hybridized carbons (Fsp3) is 0.806. The molecular formula is C31H22F34. The van der Waals surface area contributed by atoms with Gasteiger partial charge in [-0.05, 0) is 47.4 Å². The summed E-state index contributed by atoms with van der Waals surface area (Å²) in [4.78, 5) is 0. The predicted octanol–water partition coefficient (Wildman–Crippen LogP) is 15.2. The van der Waals surface area contributed by atoms with Gasteiger partial charge >= 0.3 is 95.3 Å². The molecule has 34 heteroatoms. The zero-order valence-electron chi connectivity index (χ0n) is 31.3. The van der Waals surface area contributed by atoms with Gasteiger partial charge in [0.1, 0.15) is 0 Å². The molecule has 384 valence electrons. The van der Waals surface area contributed by atoms with Crippen molar-refractivity contribution in [3.05, 3.63) is 34.4 Å². The highest BCUT2D eigenvalue weighted by atomic mass is 19.4. The summed E-state index contributed by atoms with van der Waals surface area (Å²) in [5, 5.41) is 0. The molecule has 0 spiro atoms. The van der Waals surface area contributed by atoms with E-state index in [0.717, 1.165) is 20.8 Å². The third kappa shape index (κ3) is 8.56. The lowest BCUT2D eigenvalue weighted by atomic mass is 9.81. The van der Waals surface area contributed by atoms with Crippen molar-refractivity contribution in [2.75, 3.05) is 0 Å². The molecule has 0 aliphatic heterocycles. The van der Waals surface area contributed by atoms with Crippen molar-refractivity contribution in [2.45, 2.75) is 154 Å². The second kappa shape index (κ2) is 16.0. The molecule has 0 radical (unpaired) electrons. The van der Waals surface area contributed by atoms with E-state index in [0.29, 0.717) is 13.0 Å². The zero-order valence-corrected chi connectivity index (χ0v) is 31.3. The first-order valence-electron chi connectivity index (χ1n) is 16.2. The van der Waals surface area contributed by atoms with Crippen molar-refractivity contribution in [1.82, 2.24) is 0 Å². The van der Waals surface area contributed by atoms with Crippen molar-refractivity contribution in [3.8, 4) is 0 Å². The Hall–Kier alpha value is -3.16. The zero-order chi connectivity index (χ0) is 53.1. The Morgan fingerprint density at radius 1 is 0.308 bits per heavy atom. The number of benzene rings is 1. The average molecular weight is 1040 g/mol. The third-order valence-corrected chi connectivity index (χ3v) is 9.40. The standard InChI is InChI=1S/C31H22F34/c1-11-9-13(15(2,3)4)10-12(5-7-16(32,33)18(36,37)20(40,41)22(44,45)24(48,49)26(52,53)28(56,57)30(60,61)62)14(11)6-8-17(34,35)19(38,39)21(42,43)23(46,47)25(50,51)27(54,55)29(58,59)31(63,64)65/h9-10H,5-8H2,1-4H3. The van der Waals surface area contributed by atoms with Crippen LogP contribution in [-0.4, -0.2) is 95.3 Å². The van der Waals surface area contributed by atoms with Gasteiger partial charge in [0, 0.05) is 12.8 Å². The van der Waals surface area contributed by atoms with Crippen LogP contribution in [0.25, 0.3) is 0 Å². The SMILES string of the molecule is Cc1cc(C(C)(C)C)cc(CCC(F)(F)C(F)(F)C(F)(F)C(F)(F)C(F)(F)C(F)(F)C(F)(F)C(F)(F)F)c1CCC(F)(F)C(F)(F)C(F)(F)C(F)(F)C(F)(F)C(F)(F)C(F)(F)C(F)(F)F. The molecule has 65 heavy (non-hydrogen) atoms. The predicted molar refractivity (Wildman–Crippen MR) is 148 cm³/mol. The van der Waals surface area contributed by atoms with E-state index in [-0.39, 0.29) is 6.07 Å². The quantitative estimate of drug-likeness (QED) is 0.129. The van der Waals surface area contributed by atoms with Crippen LogP contribution >= 0.6 is 0 Å². The first-order chi connectivity index (χ1) is 27.7. The third-order valence-electron chi connectivity index (χ3n) is 9.40. The highest BCUT2D eigenvalue weighted by molar-refractivity contribution is 5.42. The minimum atomic E-state index is -9.05. The van der Waals surface area contributed by atoms with Crippen molar-refractivity contribution in [1.29, 1.82) is 0 Å². The topological polar surface area (TPSA) is 0 Å². The van der Waals surface area contributed by atoms with Crippen molar-refractivity contribution in [3.63, 3.8) is 0 Å². The molecule has 0 heterocycles. The molecule has 0 atom stereocenters. The summed E-state index contributed by atoms with van der Waals surface area (Å²) >= 11 is 0. The smallest absolute Gasteiger partial charge is 0.200 e. The van der Waals surface area contributed by atoms with Gasteiger partial charge in [-0.25, -0.2) is 0 Å². The van der Waals surface area contributed by atoms with Crippen LogP contribution in [-0.2, 0) is 18.3 Å². The summed E-state index contributed by atoms with van der Waals surface area (Å²) < 4.78 is 466. The van der Waals surface area contributed by atoms with Crippen LogP contribution < -0.4 is 0 Å². The van der Waals surface area contributed by atoms with Crippen molar-refractivity contribution < 1.29 is 149 Å². The van der Waals surface area contributed by atoms with E-state index in [1.807, 2.05) is 0 Å². The van der Waals surface area contributed by atoms with Crippen LogP contribution in [0.1, 0.15) is 55.9 Å². The van der Waals surface area contributed by atoms with Gasteiger partial charge in [-0.1, -0.05) is 32.9 Å². The monoisotopic (exact) mass is 1040 g/mol. The van der Waals surface area contributed by atoms with Gasteiger partial charge in [0.2, 0.25) is 0 Å². The van der Waals surface area contributed by atoms with Crippen LogP contribution in [0.15, 0.2) is 12.1 Å². The number of hydrogen-bond donors (Lipinski definition) is 0. The molecular weight excluding hydrogens is 1020 g/mol. The maximum absolute atomic E-state index is 14.8. The first kappa shape index (κ1) is 59.9. The number of aryl methyl sites for hydroxylation is 2. The van der Waals surface area contributed by atoms with E-state index in [2.05, 4.69) is 0 Å². The molecule has 0 aliphatic rings. The Morgan fingerprint density at radius 2 is 0.538 bits per heavy atom. The maximum atomic E-state index is 14.8. The number of rotatable bonds is 18. The second-order valence-corrected chi connectivity index (χ2v) is 15.0. The normalized spacial score (nSPS) is 16.4. The van der Waals surface area contributed by atoms with Crippen LogP contribution in [0.4, 0.5) is 149 Å². The summed E-state index contributed by atoms with van der Waals surface area (Å²) in [6.07, 6.45) is -27.6. The van der Waals surface area contributed by atoms with E-state index in [9.17, 15) is 149 Å². The summed E-state index contributed by atoms with van der Waals surface area (Å²) in [6, 6.07) is 0.904. The molecule has 1 rings (SSSR count). The van der Waals surface area contributed by atoms with Gasteiger partial charge < -0.3 is 0 Å². The summed E-state index contributed by atoms with van der Waals surface area (Å²) in [5.74, 6) is -120. The van der Waals surface area contributed by atoms with Crippen molar-refractivity contribution in [2.24, 2.45) is 0 Å². The number of hydrogen-bond acceptors (Lipinski definition) is 0. The van der Waals surface area contributed by atoms with E-state index >= 15 is 0 Å². The van der Waals surface area contributed by atoms with Gasteiger partial charge in [0.05, 0.1) is 0 Å². The van der Waals surface area contributed by atoms with Crippen LogP contribution in [0, 0.1) is 6.92 Å². The summed E-state index contributed by atoms with van der Waals surface area (Å²) in [5.41, 5.74) is -5.70. The molecule has 0 saturated carbocycles. The van der Waals surface area contributed by atoms with Crippen LogP contribution in [0.5, 0.6) is 0 Å². The highest BCUT2D eigenvalue weighted by Crippen LogP contribution is 2.66. The molecule has 0 fully saturated rings. The van der Waals surface area contributed by atoms with Gasteiger partial charge in [0.15, 0.2) is 0 Å². The summed E-state index contributed by atoms with van der Waals surface area (Å²) in [6.45, 7) is 3.80. The van der Waals surface area contributed by atoms with E-state index in [1.165, 1.54) is 0 Å². The lowest BCUT2D eigenvalue weighted by molar-refractivity contribution is -0.461. The maximum Gasteiger partial charge on any atom is 0.460 e. The fourth-order valence-corrected chi connectivity index (χ4v) is 5.18. The largest absolute Gasteiger partial charge is 0.460 e. The van der Waals surface area contributed by atoms with Crippen LogP contribution in [0.3, 0.4) is 0 Å². The Labute approximate surface area is 338 Å². The highest BCUT2D eigenvalue weighted by Gasteiger charge is 2.97.